The molecule has 0 atom stereocenters. The topological polar surface area (TPSA) is 98.0 Å². The zero-order chi connectivity index (χ0) is 13.1. The first-order valence-corrected chi connectivity index (χ1v) is 5.38. The third-order valence-electron chi connectivity index (χ3n) is 2.00. The van der Waals surface area contributed by atoms with Crippen molar-refractivity contribution in [1.82, 2.24) is 9.59 Å². The first kappa shape index (κ1) is 12.0. The summed E-state index contributed by atoms with van der Waals surface area (Å²) in [6.07, 6.45) is 1.29. The van der Waals surface area contributed by atoms with Crippen LogP contribution in [-0.4, -0.2) is 20.4 Å². The fourth-order valence-corrected chi connectivity index (χ4v) is 1.67. The van der Waals surface area contributed by atoms with Crippen molar-refractivity contribution in [3.05, 3.63) is 45.9 Å². The number of nitrogens with one attached hydrogen (secondary N) is 1. The first-order chi connectivity index (χ1) is 8.58. The van der Waals surface area contributed by atoms with Crippen LogP contribution in [0.3, 0.4) is 0 Å². The Hall–Kier alpha value is -2.42. The molecule has 0 saturated heterocycles. The van der Waals surface area contributed by atoms with E-state index in [4.69, 9.17) is 0 Å². The van der Waals surface area contributed by atoms with Gasteiger partial charge in [-0.2, -0.15) is 0 Å². The van der Waals surface area contributed by atoms with Crippen LogP contribution in [0, 0.1) is 15.9 Å². The van der Waals surface area contributed by atoms with E-state index < -0.39 is 22.3 Å². The molecule has 0 spiro atoms. The lowest BCUT2D eigenvalue weighted by atomic mass is 10.1. The molecule has 1 aromatic heterocycles. The highest BCUT2D eigenvalue weighted by Crippen LogP contribution is 2.21. The molecule has 0 radical (unpaired) electrons. The van der Waals surface area contributed by atoms with Gasteiger partial charge in [0.1, 0.15) is 16.4 Å². The summed E-state index contributed by atoms with van der Waals surface area (Å²) in [5.41, 5.74) is -0.820. The van der Waals surface area contributed by atoms with Gasteiger partial charge in [-0.05, 0) is 12.1 Å². The van der Waals surface area contributed by atoms with Gasteiger partial charge < -0.3 is 5.32 Å². The number of nitro groups is 1. The Morgan fingerprint density at radius 1 is 1.50 bits per heavy atom. The fraction of sp³-hybridized carbons (Fsp3) is 0. The van der Waals surface area contributed by atoms with E-state index in [9.17, 15) is 19.3 Å². The molecule has 9 heteroatoms. The van der Waals surface area contributed by atoms with Crippen LogP contribution in [0.2, 0.25) is 0 Å². The first-order valence-electron chi connectivity index (χ1n) is 4.60. The van der Waals surface area contributed by atoms with Gasteiger partial charge in [0.25, 0.3) is 11.6 Å². The number of hydrogen-bond donors (Lipinski definition) is 1. The van der Waals surface area contributed by atoms with Crippen LogP contribution < -0.4 is 5.32 Å². The molecule has 0 bridgehead atoms. The lowest BCUT2D eigenvalue weighted by Crippen LogP contribution is -2.13. The Bertz CT molecular complexity index is 602. The van der Waals surface area contributed by atoms with Gasteiger partial charge in [-0.25, -0.2) is 4.39 Å². The van der Waals surface area contributed by atoms with Gasteiger partial charge in [0, 0.05) is 17.6 Å². The molecule has 18 heavy (non-hydrogen) atoms. The second kappa shape index (κ2) is 4.84. The molecular weight excluding hydrogens is 263 g/mol. The highest BCUT2D eigenvalue weighted by atomic mass is 32.1. The van der Waals surface area contributed by atoms with Gasteiger partial charge in [-0.3, -0.25) is 14.9 Å². The second-order valence-corrected chi connectivity index (χ2v) is 3.94. The number of nitro benzene ring substituents is 1. The van der Waals surface area contributed by atoms with Crippen LogP contribution in [0.25, 0.3) is 0 Å². The molecule has 0 aliphatic rings. The maximum absolute atomic E-state index is 13.0. The average molecular weight is 268 g/mol. The van der Waals surface area contributed by atoms with Crippen LogP contribution in [0.15, 0.2) is 24.4 Å². The quantitative estimate of drug-likeness (QED) is 0.676. The van der Waals surface area contributed by atoms with Crippen LogP contribution in [0.4, 0.5) is 15.1 Å². The molecule has 1 amide bonds. The van der Waals surface area contributed by atoms with E-state index in [-0.39, 0.29) is 5.56 Å². The predicted molar refractivity (Wildman–Crippen MR) is 60.9 cm³/mol. The van der Waals surface area contributed by atoms with Crippen LogP contribution in [0.5, 0.6) is 0 Å². The molecule has 2 rings (SSSR count). The van der Waals surface area contributed by atoms with Crippen LogP contribution in [0.1, 0.15) is 10.4 Å². The summed E-state index contributed by atoms with van der Waals surface area (Å²) in [5.74, 6) is -1.51. The smallest absolute Gasteiger partial charge is 0.282 e. The van der Waals surface area contributed by atoms with E-state index in [1.54, 1.807) is 0 Å². The minimum Gasteiger partial charge on any atom is -0.311 e. The van der Waals surface area contributed by atoms with Gasteiger partial charge in [-0.1, -0.05) is 4.49 Å². The molecule has 7 nitrogen and oxygen atoms in total. The number of halogens is 1. The van der Waals surface area contributed by atoms with Crippen LogP contribution >= 0.6 is 11.5 Å². The Morgan fingerprint density at radius 3 is 2.89 bits per heavy atom. The molecule has 1 N–H and O–H groups in total. The van der Waals surface area contributed by atoms with E-state index >= 15 is 0 Å². The fourth-order valence-electron chi connectivity index (χ4n) is 1.25. The average Bonchev–Trinajstić information content (AvgIpc) is 2.81. The minimum atomic E-state index is -0.785. The van der Waals surface area contributed by atoms with Gasteiger partial charge in [0.2, 0.25) is 0 Å². The molecule has 0 aliphatic carbocycles. The van der Waals surface area contributed by atoms with E-state index in [2.05, 4.69) is 14.9 Å². The third-order valence-corrected chi connectivity index (χ3v) is 2.58. The molecule has 2 aromatic rings. The minimum absolute atomic E-state index is 0.318. The SMILES string of the molecule is O=C(Nc1cnns1)c1cc(F)ccc1[N+](=O)[O-]. The number of anilines is 1. The van der Waals surface area contributed by atoms with E-state index in [0.717, 1.165) is 29.7 Å². The number of hydrogen-bond acceptors (Lipinski definition) is 6. The summed E-state index contributed by atoms with van der Waals surface area (Å²) in [6.45, 7) is 0. The monoisotopic (exact) mass is 268 g/mol. The molecular formula is C9H5FN4O3S. The maximum atomic E-state index is 13.0. The standard InChI is InChI=1S/C9H5FN4O3S/c10-5-1-2-7(14(16)17)6(3-5)9(15)12-8-4-11-13-18-8/h1-4H,(H,12,15). The molecule has 0 aliphatic heterocycles. The zero-order valence-corrected chi connectivity index (χ0v) is 9.48. The lowest BCUT2D eigenvalue weighted by Gasteiger charge is -2.02. The van der Waals surface area contributed by atoms with Crippen molar-refractivity contribution in [2.45, 2.75) is 0 Å². The largest absolute Gasteiger partial charge is 0.311 e. The van der Waals surface area contributed by atoms with Crippen molar-refractivity contribution in [1.29, 1.82) is 0 Å². The predicted octanol–water partition coefficient (Wildman–Crippen LogP) is 1.84. The van der Waals surface area contributed by atoms with Crippen molar-refractivity contribution in [2.24, 2.45) is 0 Å². The summed E-state index contributed by atoms with van der Waals surface area (Å²) in [5, 5.41) is 16.9. The Balaban J connectivity index is 2.34. The maximum Gasteiger partial charge on any atom is 0.282 e. The molecule has 0 fully saturated rings. The van der Waals surface area contributed by atoms with Crippen molar-refractivity contribution in [3.8, 4) is 0 Å². The number of rotatable bonds is 3. The number of amides is 1. The zero-order valence-electron chi connectivity index (χ0n) is 8.66. The Kier molecular flexibility index (Phi) is 3.24. The van der Waals surface area contributed by atoms with E-state index in [1.807, 2.05) is 0 Å². The van der Waals surface area contributed by atoms with Gasteiger partial charge in [0.15, 0.2) is 0 Å². The van der Waals surface area contributed by atoms with Crippen LogP contribution in [-0.2, 0) is 0 Å². The van der Waals surface area contributed by atoms with Crippen molar-refractivity contribution < 1.29 is 14.1 Å². The summed E-state index contributed by atoms with van der Waals surface area (Å²) in [7, 11) is 0. The van der Waals surface area contributed by atoms with Gasteiger partial charge in [0.05, 0.1) is 11.1 Å². The number of carbonyl (C=O) groups is 1. The third kappa shape index (κ3) is 2.46. The normalized spacial score (nSPS) is 10.1. The van der Waals surface area contributed by atoms with Crippen molar-refractivity contribution in [2.75, 3.05) is 5.32 Å². The van der Waals surface area contributed by atoms with Gasteiger partial charge >= 0.3 is 0 Å². The molecule has 0 unspecified atom stereocenters. The second-order valence-electron chi connectivity index (χ2n) is 3.15. The van der Waals surface area contributed by atoms with Crippen molar-refractivity contribution >= 4 is 28.1 Å². The van der Waals surface area contributed by atoms with Gasteiger partial charge in [-0.15, -0.1) is 5.10 Å². The highest BCUT2D eigenvalue weighted by molar-refractivity contribution is 7.10. The van der Waals surface area contributed by atoms with E-state index in [0.29, 0.717) is 5.00 Å². The molecule has 1 heterocycles. The Morgan fingerprint density at radius 2 is 2.28 bits per heavy atom. The summed E-state index contributed by atoms with van der Waals surface area (Å²) < 4.78 is 16.5. The lowest BCUT2D eigenvalue weighted by molar-refractivity contribution is -0.385. The number of benzene rings is 1. The molecule has 92 valence electrons. The number of carbonyl (C=O) groups excluding carboxylic acids is 1. The highest BCUT2D eigenvalue weighted by Gasteiger charge is 2.21. The van der Waals surface area contributed by atoms with E-state index in [1.165, 1.54) is 6.20 Å². The summed E-state index contributed by atoms with van der Waals surface area (Å²) in [4.78, 5) is 21.7. The Labute approximate surface area is 104 Å². The molecule has 1 aromatic carbocycles. The molecule has 0 saturated carbocycles. The summed E-state index contributed by atoms with van der Waals surface area (Å²) >= 11 is 0.908. The number of aromatic nitrogens is 2. The number of nitrogens with zero attached hydrogens (tertiary/aromatic N) is 3. The summed E-state index contributed by atoms with van der Waals surface area (Å²) in [6, 6.07) is 2.67. The van der Waals surface area contributed by atoms with Crippen molar-refractivity contribution in [3.63, 3.8) is 0 Å².